The van der Waals surface area contributed by atoms with Crippen LogP contribution in [0.25, 0.3) is 0 Å². The van der Waals surface area contributed by atoms with Gasteiger partial charge < -0.3 is 5.32 Å². The summed E-state index contributed by atoms with van der Waals surface area (Å²) in [5, 5.41) is 2.97. The van der Waals surface area contributed by atoms with E-state index in [-0.39, 0.29) is 17.0 Å². The zero-order chi connectivity index (χ0) is 17.0. The number of carbonyl (C=O) groups is 1. The van der Waals surface area contributed by atoms with Gasteiger partial charge in [0.1, 0.15) is 5.82 Å². The third kappa shape index (κ3) is 4.62. The first-order valence-corrected chi connectivity index (χ1v) is 7.74. The number of nitrogens with zero attached hydrogens (tertiary/aromatic N) is 1. The van der Waals surface area contributed by atoms with Crippen LogP contribution in [-0.4, -0.2) is 10.9 Å². The molecular weight excluding hydrogens is 291 g/mol. The van der Waals surface area contributed by atoms with Gasteiger partial charge in [0.05, 0.1) is 11.6 Å². The van der Waals surface area contributed by atoms with Gasteiger partial charge >= 0.3 is 0 Å². The first kappa shape index (κ1) is 17.1. The highest BCUT2D eigenvalue weighted by molar-refractivity contribution is 5.96. The van der Waals surface area contributed by atoms with Crippen LogP contribution in [0.15, 0.2) is 42.7 Å². The van der Waals surface area contributed by atoms with Crippen LogP contribution < -0.4 is 5.32 Å². The van der Waals surface area contributed by atoms with E-state index in [2.05, 4.69) is 31.1 Å². The molecule has 0 saturated carbocycles. The Bertz CT molecular complexity index is 657. The van der Waals surface area contributed by atoms with Gasteiger partial charge in [-0.1, -0.05) is 39.0 Å². The van der Waals surface area contributed by atoms with Gasteiger partial charge in [-0.3, -0.25) is 9.78 Å². The van der Waals surface area contributed by atoms with Gasteiger partial charge in [0, 0.05) is 12.4 Å². The van der Waals surface area contributed by atoms with Crippen molar-refractivity contribution in [3.63, 3.8) is 0 Å². The van der Waals surface area contributed by atoms with Crippen molar-refractivity contribution < 1.29 is 9.18 Å². The Hall–Kier alpha value is -2.23. The van der Waals surface area contributed by atoms with E-state index in [9.17, 15) is 9.18 Å². The predicted molar refractivity (Wildman–Crippen MR) is 89.7 cm³/mol. The summed E-state index contributed by atoms with van der Waals surface area (Å²) in [6.07, 6.45) is 4.17. The molecule has 1 heterocycles. The van der Waals surface area contributed by atoms with Gasteiger partial charge in [-0.05, 0) is 42.0 Å². The molecule has 0 fully saturated rings. The summed E-state index contributed by atoms with van der Waals surface area (Å²) in [7, 11) is 0. The van der Waals surface area contributed by atoms with Crippen LogP contribution in [0.1, 0.15) is 54.7 Å². The highest BCUT2D eigenvalue weighted by Gasteiger charge is 2.24. The fourth-order valence-corrected chi connectivity index (χ4v) is 2.60. The summed E-state index contributed by atoms with van der Waals surface area (Å²) in [5.41, 5.74) is 1.67. The zero-order valence-corrected chi connectivity index (χ0v) is 14.1. The first-order chi connectivity index (χ1) is 10.8. The van der Waals surface area contributed by atoms with Crippen LogP contribution in [0.5, 0.6) is 0 Å². The number of halogens is 1. The van der Waals surface area contributed by atoms with Gasteiger partial charge in [-0.2, -0.15) is 0 Å². The van der Waals surface area contributed by atoms with Crippen molar-refractivity contribution in [2.75, 3.05) is 0 Å². The number of amides is 1. The summed E-state index contributed by atoms with van der Waals surface area (Å²) in [6, 6.07) is 8.21. The maximum atomic E-state index is 14.0. The summed E-state index contributed by atoms with van der Waals surface area (Å²) in [5.74, 6) is -0.887. The van der Waals surface area contributed by atoms with Crippen molar-refractivity contribution in [1.29, 1.82) is 0 Å². The first-order valence-electron chi connectivity index (χ1n) is 7.74. The summed E-state index contributed by atoms with van der Waals surface area (Å²) >= 11 is 0. The lowest BCUT2D eigenvalue weighted by Gasteiger charge is -2.27. The Morgan fingerprint density at radius 1 is 1.26 bits per heavy atom. The van der Waals surface area contributed by atoms with Crippen LogP contribution in [0.4, 0.5) is 4.39 Å². The molecule has 0 aliphatic heterocycles. The summed E-state index contributed by atoms with van der Waals surface area (Å²) < 4.78 is 14.0. The van der Waals surface area contributed by atoms with Gasteiger partial charge in [-0.25, -0.2) is 4.39 Å². The lowest BCUT2D eigenvalue weighted by molar-refractivity contribution is 0.0921. The number of pyridine rings is 1. The minimum atomic E-state index is -0.497. The van der Waals surface area contributed by atoms with Crippen molar-refractivity contribution in [3.05, 3.63) is 65.2 Å². The largest absolute Gasteiger partial charge is 0.345 e. The Morgan fingerprint density at radius 3 is 2.57 bits per heavy atom. The molecule has 1 amide bonds. The van der Waals surface area contributed by atoms with E-state index in [1.165, 1.54) is 6.07 Å². The minimum absolute atomic E-state index is 0.0120. The van der Waals surface area contributed by atoms with Gasteiger partial charge in [0.15, 0.2) is 0 Å². The third-order valence-corrected chi connectivity index (χ3v) is 3.66. The highest BCUT2D eigenvalue weighted by atomic mass is 19.1. The molecule has 0 aliphatic carbocycles. The summed E-state index contributed by atoms with van der Waals surface area (Å²) in [4.78, 5) is 16.7. The Labute approximate surface area is 137 Å². The third-order valence-electron chi connectivity index (χ3n) is 3.66. The number of hydrogen-bond donors (Lipinski definition) is 1. The molecule has 3 nitrogen and oxygen atoms in total. The zero-order valence-electron chi connectivity index (χ0n) is 14.1. The normalized spacial score (nSPS) is 12.7. The maximum Gasteiger partial charge on any atom is 0.255 e. The molecule has 122 valence electrons. The maximum absolute atomic E-state index is 14.0. The Morgan fingerprint density at radius 2 is 2.00 bits per heavy atom. The SMILES string of the molecule is Cc1cccc(F)c1C(=O)N[C@H](CC(C)(C)C)c1cccnc1. The lowest BCUT2D eigenvalue weighted by atomic mass is 9.85. The number of aryl methyl sites for hydroxylation is 1. The van der Waals surface area contributed by atoms with Crippen LogP contribution in [0.2, 0.25) is 0 Å². The molecule has 1 aromatic heterocycles. The van der Waals surface area contributed by atoms with Crippen LogP contribution in [0.3, 0.4) is 0 Å². The number of benzene rings is 1. The molecule has 2 aromatic rings. The molecular formula is C19H23FN2O. The summed E-state index contributed by atoms with van der Waals surface area (Å²) in [6.45, 7) is 8.06. The smallest absolute Gasteiger partial charge is 0.255 e. The van der Waals surface area contributed by atoms with Gasteiger partial charge in [-0.15, -0.1) is 0 Å². The quantitative estimate of drug-likeness (QED) is 0.906. The number of aromatic nitrogens is 1. The molecule has 1 aromatic carbocycles. The second kappa shape index (κ2) is 6.90. The fourth-order valence-electron chi connectivity index (χ4n) is 2.60. The number of carbonyl (C=O) groups excluding carboxylic acids is 1. The van der Waals surface area contributed by atoms with Crippen LogP contribution in [0, 0.1) is 18.2 Å². The van der Waals surface area contributed by atoms with Crippen molar-refractivity contribution >= 4 is 5.91 Å². The minimum Gasteiger partial charge on any atom is -0.345 e. The van der Waals surface area contributed by atoms with E-state index in [0.717, 1.165) is 12.0 Å². The van der Waals surface area contributed by atoms with Crippen LogP contribution >= 0.6 is 0 Å². The molecule has 4 heteroatoms. The molecule has 1 N–H and O–H groups in total. The van der Waals surface area contributed by atoms with E-state index in [1.54, 1.807) is 31.5 Å². The van der Waals surface area contributed by atoms with Crippen molar-refractivity contribution in [3.8, 4) is 0 Å². The van der Waals surface area contributed by atoms with E-state index < -0.39 is 11.7 Å². The lowest BCUT2D eigenvalue weighted by Crippen LogP contribution is -2.32. The molecule has 0 bridgehead atoms. The van der Waals surface area contributed by atoms with Gasteiger partial charge in [0.2, 0.25) is 0 Å². The monoisotopic (exact) mass is 314 g/mol. The number of nitrogens with one attached hydrogen (secondary N) is 1. The topological polar surface area (TPSA) is 42.0 Å². The van der Waals surface area contributed by atoms with Crippen molar-refractivity contribution in [2.24, 2.45) is 5.41 Å². The highest BCUT2D eigenvalue weighted by Crippen LogP contribution is 2.29. The Kier molecular flexibility index (Phi) is 5.14. The second-order valence-electron chi connectivity index (χ2n) is 7.01. The molecule has 0 unspecified atom stereocenters. The number of rotatable bonds is 4. The average Bonchev–Trinajstić information content (AvgIpc) is 2.46. The number of hydrogen-bond acceptors (Lipinski definition) is 2. The fraction of sp³-hybridized carbons (Fsp3) is 0.368. The standard InChI is InChI=1S/C19H23FN2O/c1-13-7-5-9-15(20)17(13)18(23)22-16(11-19(2,3)4)14-8-6-10-21-12-14/h5-10,12,16H,11H2,1-4H3,(H,22,23)/t16-/m1/s1. The van der Waals surface area contributed by atoms with Crippen LogP contribution in [-0.2, 0) is 0 Å². The molecule has 1 atom stereocenters. The molecule has 0 spiro atoms. The molecule has 0 radical (unpaired) electrons. The Balaban J connectivity index is 2.29. The average molecular weight is 314 g/mol. The van der Waals surface area contributed by atoms with Gasteiger partial charge in [0.25, 0.3) is 5.91 Å². The van der Waals surface area contributed by atoms with E-state index in [1.807, 2.05) is 12.1 Å². The molecule has 2 rings (SSSR count). The molecule has 0 aliphatic rings. The molecule has 0 saturated heterocycles. The predicted octanol–water partition coefficient (Wildman–Crippen LogP) is 4.44. The van der Waals surface area contributed by atoms with E-state index >= 15 is 0 Å². The van der Waals surface area contributed by atoms with E-state index in [4.69, 9.17) is 0 Å². The molecule has 23 heavy (non-hydrogen) atoms. The second-order valence-corrected chi connectivity index (χ2v) is 7.01. The van der Waals surface area contributed by atoms with Crippen molar-refractivity contribution in [2.45, 2.75) is 40.2 Å². The van der Waals surface area contributed by atoms with Crippen molar-refractivity contribution in [1.82, 2.24) is 10.3 Å². The van der Waals surface area contributed by atoms with E-state index in [0.29, 0.717) is 5.56 Å².